The zero-order valence-corrected chi connectivity index (χ0v) is 12.6. The highest BCUT2D eigenvalue weighted by atomic mass is 19.1. The lowest BCUT2D eigenvalue weighted by molar-refractivity contribution is 0.0943. The average Bonchev–Trinajstić information content (AvgIpc) is 3.04. The zero-order chi connectivity index (χ0) is 16.9. The summed E-state index contributed by atoms with van der Waals surface area (Å²) >= 11 is 0. The number of rotatable bonds is 5. The maximum absolute atomic E-state index is 13.5. The topological polar surface area (TPSA) is 59.8 Å². The summed E-state index contributed by atoms with van der Waals surface area (Å²) in [6.07, 6.45) is 3.43. The van der Waals surface area contributed by atoms with Crippen molar-refractivity contribution >= 4 is 5.91 Å². The lowest BCUT2D eigenvalue weighted by Gasteiger charge is -2.07. The highest BCUT2D eigenvalue weighted by Crippen LogP contribution is 2.13. The van der Waals surface area contributed by atoms with Crippen LogP contribution in [0.15, 0.2) is 54.9 Å². The molecule has 2 aromatic heterocycles. The first-order chi connectivity index (χ1) is 11.6. The largest absolute Gasteiger partial charge is 0.350 e. The summed E-state index contributed by atoms with van der Waals surface area (Å²) < 4.78 is 28.7. The second-order valence-corrected chi connectivity index (χ2v) is 5.03. The minimum Gasteiger partial charge on any atom is -0.350 e. The smallest absolute Gasteiger partial charge is 0.257 e. The number of carbonyl (C=O) groups is 1. The zero-order valence-electron chi connectivity index (χ0n) is 12.6. The second-order valence-electron chi connectivity index (χ2n) is 5.03. The van der Waals surface area contributed by atoms with E-state index in [9.17, 15) is 13.6 Å². The third-order valence-corrected chi connectivity index (χ3v) is 3.38. The van der Waals surface area contributed by atoms with Gasteiger partial charge in [0, 0.05) is 18.9 Å². The van der Waals surface area contributed by atoms with Crippen molar-refractivity contribution < 1.29 is 13.6 Å². The predicted molar refractivity (Wildman–Crippen MR) is 84.1 cm³/mol. The number of nitrogens with one attached hydrogen (secondary N) is 1. The SMILES string of the molecule is O=C(NCCn1ccc(-c2ccccn2)n1)c1c(F)cccc1F. The maximum Gasteiger partial charge on any atom is 0.257 e. The van der Waals surface area contributed by atoms with E-state index in [0.29, 0.717) is 12.2 Å². The molecule has 0 saturated carbocycles. The highest BCUT2D eigenvalue weighted by Gasteiger charge is 2.16. The Balaban J connectivity index is 1.59. The Labute approximate surface area is 137 Å². The van der Waals surface area contributed by atoms with Gasteiger partial charge in [-0.15, -0.1) is 0 Å². The summed E-state index contributed by atoms with van der Waals surface area (Å²) in [6, 6.07) is 10.6. The number of amides is 1. The van der Waals surface area contributed by atoms with Crippen LogP contribution in [0, 0.1) is 11.6 Å². The van der Waals surface area contributed by atoms with Gasteiger partial charge in [0.1, 0.15) is 22.9 Å². The van der Waals surface area contributed by atoms with E-state index in [1.54, 1.807) is 23.1 Å². The molecule has 3 rings (SSSR count). The Kier molecular flexibility index (Phi) is 4.60. The van der Waals surface area contributed by atoms with Crippen LogP contribution in [-0.4, -0.2) is 27.2 Å². The molecular formula is C17H14F2N4O. The Morgan fingerprint density at radius 2 is 1.83 bits per heavy atom. The third-order valence-electron chi connectivity index (χ3n) is 3.38. The van der Waals surface area contributed by atoms with Crippen molar-refractivity contribution in [1.29, 1.82) is 0 Å². The van der Waals surface area contributed by atoms with Crippen molar-refractivity contribution in [3.63, 3.8) is 0 Å². The van der Waals surface area contributed by atoms with Crippen LogP contribution in [-0.2, 0) is 6.54 Å². The van der Waals surface area contributed by atoms with Crippen LogP contribution in [0.25, 0.3) is 11.4 Å². The van der Waals surface area contributed by atoms with Crippen LogP contribution in [0.5, 0.6) is 0 Å². The van der Waals surface area contributed by atoms with Gasteiger partial charge in [-0.2, -0.15) is 5.10 Å². The summed E-state index contributed by atoms with van der Waals surface area (Å²) in [6.45, 7) is 0.560. The molecule has 1 aromatic carbocycles. The Bertz CT molecular complexity index is 829. The van der Waals surface area contributed by atoms with Gasteiger partial charge in [0.05, 0.1) is 12.2 Å². The molecule has 7 heteroatoms. The molecule has 122 valence electrons. The molecule has 0 aliphatic rings. The normalized spacial score (nSPS) is 10.6. The molecule has 1 amide bonds. The van der Waals surface area contributed by atoms with Crippen molar-refractivity contribution in [3.8, 4) is 11.4 Å². The van der Waals surface area contributed by atoms with Gasteiger partial charge in [-0.25, -0.2) is 8.78 Å². The first kappa shape index (κ1) is 15.8. The summed E-state index contributed by atoms with van der Waals surface area (Å²) in [5.74, 6) is -2.56. The Morgan fingerprint density at radius 1 is 1.04 bits per heavy atom. The van der Waals surface area contributed by atoms with Crippen LogP contribution < -0.4 is 5.32 Å². The lowest BCUT2D eigenvalue weighted by atomic mass is 10.2. The van der Waals surface area contributed by atoms with E-state index in [0.717, 1.165) is 17.8 Å². The molecule has 2 heterocycles. The van der Waals surface area contributed by atoms with Crippen LogP contribution in [0.3, 0.4) is 0 Å². The van der Waals surface area contributed by atoms with Crippen LogP contribution in [0.4, 0.5) is 8.78 Å². The highest BCUT2D eigenvalue weighted by molar-refractivity contribution is 5.94. The fraction of sp³-hybridized carbons (Fsp3) is 0.118. The molecule has 0 atom stereocenters. The standard InChI is InChI=1S/C17H14F2N4O/c18-12-4-3-5-13(19)16(12)17(24)21-9-11-23-10-7-15(22-23)14-6-1-2-8-20-14/h1-8,10H,9,11H2,(H,21,24). The third kappa shape index (κ3) is 3.45. The number of pyridine rings is 1. The molecule has 24 heavy (non-hydrogen) atoms. The average molecular weight is 328 g/mol. The van der Waals surface area contributed by atoms with E-state index in [2.05, 4.69) is 15.4 Å². The molecule has 0 radical (unpaired) electrons. The number of hydrogen-bond acceptors (Lipinski definition) is 3. The van der Waals surface area contributed by atoms with Gasteiger partial charge in [0.15, 0.2) is 0 Å². The molecule has 0 spiro atoms. The molecule has 0 unspecified atom stereocenters. The van der Waals surface area contributed by atoms with Gasteiger partial charge in [-0.1, -0.05) is 12.1 Å². The van der Waals surface area contributed by atoms with E-state index in [1.807, 2.05) is 18.2 Å². The van der Waals surface area contributed by atoms with Gasteiger partial charge >= 0.3 is 0 Å². The van der Waals surface area contributed by atoms with Crippen LogP contribution in [0.2, 0.25) is 0 Å². The molecule has 0 saturated heterocycles. The number of hydrogen-bond donors (Lipinski definition) is 1. The molecule has 0 bridgehead atoms. The van der Waals surface area contributed by atoms with E-state index >= 15 is 0 Å². The summed E-state index contributed by atoms with van der Waals surface area (Å²) in [5.41, 5.74) is 0.878. The lowest BCUT2D eigenvalue weighted by Crippen LogP contribution is -2.29. The second kappa shape index (κ2) is 6.99. The Morgan fingerprint density at radius 3 is 2.54 bits per heavy atom. The van der Waals surface area contributed by atoms with E-state index < -0.39 is 23.1 Å². The molecule has 5 nitrogen and oxygen atoms in total. The van der Waals surface area contributed by atoms with Gasteiger partial charge in [-0.05, 0) is 30.3 Å². The van der Waals surface area contributed by atoms with Crippen LogP contribution >= 0.6 is 0 Å². The Hall–Kier alpha value is -3.09. The van der Waals surface area contributed by atoms with Crippen molar-refractivity contribution in [2.24, 2.45) is 0 Å². The summed E-state index contributed by atoms with van der Waals surface area (Å²) in [5, 5.41) is 6.82. The molecule has 3 aromatic rings. The molecular weight excluding hydrogens is 314 g/mol. The molecule has 0 aliphatic heterocycles. The minimum absolute atomic E-state index is 0.190. The van der Waals surface area contributed by atoms with Crippen molar-refractivity contribution in [2.45, 2.75) is 6.54 Å². The fourth-order valence-electron chi connectivity index (χ4n) is 2.22. The molecule has 0 fully saturated rings. The summed E-state index contributed by atoms with van der Waals surface area (Å²) in [7, 11) is 0. The minimum atomic E-state index is -0.885. The van der Waals surface area contributed by atoms with Crippen LogP contribution in [0.1, 0.15) is 10.4 Å². The van der Waals surface area contributed by atoms with Gasteiger partial charge < -0.3 is 5.32 Å². The van der Waals surface area contributed by atoms with E-state index in [4.69, 9.17) is 0 Å². The van der Waals surface area contributed by atoms with E-state index in [1.165, 1.54) is 6.07 Å². The van der Waals surface area contributed by atoms with E-state index in [-0.39, 0.29) is 6.54 Å². The van der Waals surface area contributed by atoms with Crippen molar-refractivity contribution in [3.05, 3.63) is 72.1 Å². The summed E-state index contributed by atoms with van der Waals surface area (Å²) in [4.78, 5) is 16.1. The number of halogens is 2. The first-order valence-corrected chi connectivity index (χ1v) is 7.32. The monoisotopic (exact) mass is 328 g/mol. The molecule has 0 aliphatic carbocycles. The van der Waals surface area contributed by atoms with Gasteiger partial charge in [0.25, 0.3) is 5.91 Å². The number of benzene rings is 1. The van der Waals surface area contributed by atoms with Gasteiger partial charge in [0.2, 0.25) is 0 Å². The number of aromatic nitrogens is 3. The predicted octanol–water partition coefficient (Wildman–Crippen LogP) is 2.65. The number of nitrogens with zero attached hydrogens (tertiary/aromatic N) is 3. The van der Waals surface area contributed by atoms with Gasteiger partial charge in [-0.3, -0.25) is 14.5 Å². The number of carbonyl (C=O) groups excluding carboxylic acids is 1. The fourth-order valence-corrected chi connectivity index (χ4v) is 2.22. The molecule has 1 N–H and O–H groups in total. The van der Waals surface area contributed by atoms with Crippen molar-refractivity contribution in [2.75, 3.05) is 6.54 Å². The maximum atomic E-state index is 13.5. The van der Waals surface area contributed by atoms with Crippen molar-refractivity contribution in [1.82, 2.24) is 20.1 Å². The quantitative estimate of drug-likeness (QED) is 0.783. The first-order valence-electron chi connectivity index (χ1n) is 7.32.